The first kappa shape index (κ1) is 19.8. The number of rotatable bonds is 3. The molecular weight excluding hydrogens is 431 g/mol. The number of carbonyl (C=O) groups excluding carboxylic acids is 1. The summed E-state index contributed by atoms with van der Waals surface area (Å²) in [6.07, 6.45) is 0. The van der Waals surface area contributed by atoms with Gasteiger partial charge in [0.05, 0.1) is 19.8 Å². The smallest absolute Gasteiger partial charge is 0.324 e. The van der Waals surface area contributed by atoms with Gasteiger partial charge >= 0.3 is 5.00 Å². The molecular formula is C16H14Cl2N4O3S2. The number of halogens is 2. The van der Waals surface area contributed by atoms with Crippen molar-refractivity contribution in [2.24, 2.45) is 0 Å². The molecule has 0 radical (unpaired) electrons. The summed E-state index contributed by atoms with van der Waals surface area (Å²) < 4.78 is 0. The zero-order valence-electron chi connectivity index (χ0n) is 13.9. The monoisotopic (exact) mass is 444 g/mol. The third kappa shape index (κ3) is 4.67. The van der Waals surface area contributed by atoms with Crippen LogP contribution in [0, 0.1) is 10.1 Å². The fourth-order valence-corrected chi connectivity index (χ4v) is 3.97. The molecule has 27 heavy (non-hydrogen) atoms. The second kappa shape index (κ2) is 8.39. The number of anilines is 1. The van der Waals surface area contributed by atoms with Crippen LogP contribution in [-0.2, 0) is 0 Å². The van der Waals surface area contributed by atoms with Crippen LogP contribution in [0.2, 0.25) is 10.0 Å². The molecule has 1 aromatic carbocycles. The highest BCUT2D eigenvalue weighted by atomic mass is 35.5. The van der Waals surface area contributed by atoms with Gasteiger partial charge in [0.15, 0.2) is 5.11 Å². The Hall–Kier alpha value is -1.94. The van der Waals surface area contributed by atoms with Gasteiger partial charge in [-0.1, -0.05) is 34.5 Å². The molecule has 7 nitrogen and oxygen atoms in total. The van der Waals surface area contributed by atoms with E-state index in [9.17, 15) is 14.9 Å². The molecule has 11 heteroatoms. The van der Waals surface area contributed by atoms with Crippen molar-refractivity contribution in [1.29, 1.82) is 0 Å². The summed E-state index contributed by atoms with van der Waals surface area (Å²) in [5, 5.41) is 15.3. The predicted molar refractivity (Wildman–Crippen MR) is 111 cm³/mol. The van der Waals surface area contributed by atoms with Gasteiger partial charge in [-0.15, -0.1) is 0 Å². The lowest BCUT2D eigenvalue weighted by atomic mass is 10.3. The lowest BCUT2D eigenvalue weighted by molar-refractivity contribution is -0.380. The van der Waals surface area contributed by atoms with Crippen molar-refractivity contribution in [3.8, 4) is 0 Å². The number of hydrogen-bond donors (Lipinski definition) is 1. The summed E-state index contributed by atoms with van der Waals surface area (Å²) in [4.78, 5) is 26.8. The Kier molecular flexibility index (Phi) is 6.15. The van der Waals surface area contributed by atoms with Gasteiger partial charge in [-0.05, 0) is 36.5 Å². The molecule has 1 aliphatic heterocycles. The lowest BCUT2D eigenvalue weighted by Crippen LogP contribution is -2.51. The molecule has 1 amide bonds. The highest BCUT2D eigenvalue weighted by Crippen LogP contribution is 2.26. The number of amides is 1. The van der Waals surface area contributed by atoms with Crippen molar-refractivity contribution >= 4 is 68.5 Å². The van der Waals surface area contributed by atoms with Gasteiger partial charge in [0, 0.05) is 37.9 Å². The van der Waals surface area contributed by atoms with E-state index < -0.39 is 4.92 Å². The molecule has 0 spiro atoms. The number of thiophene rings is 1. The summed E-state index contributed by atoms with van der Waals surface area (Å²) in [5.41, 5.74) is 0.735. The molecule has 1 saturated heterocycles. The maximum absolute atomic E-state index is 12.5. The molecule has 1 aliphatic rings. The molecule has 0 unspecified atom stereocenters. The number of nitrogens with zero attached hydrogens (tertiary/aromatic N) is 3. The standard InChI is InChI=1S/C16H14Cl2N4O3S2/c17-11-2-1-10(9-12(11)18)19-16(26)21-7-5-20(6-8-21)15(23)13-3-4-14(27-13)22(24)25/h1-4,9H,5-8H2,(H,19,26). The van der Waals surface area contributed by atoms with Crippen LogP contribution in [0.1, 0.15) is 9.67 Å². The summed E-state index contributed by atoms with van der Waals surface area (Å²) in [5.74, 6) is -0.198. The average Bonchev–Trinajstić information content (AvgIpc) is 3.15. The number of benzene rings is 1. The molecule has 142 valence electrons. The second-order valence-corrected chi connectivity index (χ2v) is 8.00. The molecule has 0 saturated carbocycles. The Bertz CT molecular complexity index is 898. The largest absolute Gasteiger partial charge is 0.345 e. The van der Waals surface area contributed by atoms with Crippen LogP contribution in [-0.4, -0.2) is 51.9 Å². The van der Waals surface area contributed by atoms with Crippen molar-refractivity contribution < 1.29 is 9.72 Å². The van der Waals surface area contributed by atoms with Gasteiger partial charge in [0.1, 0.15) is 0 Å². The van der Waals surface area contributed by atoms with Crippen molar-refractivity contribution in [1.82, 2.24) is 9.80 Å². The minimum Gasteiger partial charge on any atom is -0.345 e. The number of piperazine rings is 1. The minimum absolute atomic E-state index is 0.0380. The van der Waals surface area contributed by atoms with Crippen LogP contribution in [0.15, 0.2) is 30.3 Å². The van der Waals surface area contributed by atoms with Gasteiger partial charge < -0.3 is 15.1 Å². The van der Waals surface area contributed by atoms with Gasteiger partial charge in [-0.25, -0.2) is 0 Å². The van der Waals surface area contributed by atoms with E-state index in [-0.39, 0.29) is 10.9 Å². The molecule has 0 aliphatic carbocycles. The third-order valence-electron chi connectivity index (χ3n) is 4.01. The maximum Gasteiger partial charge on any atom is 0.324 e. The van der Waals surface area contributed by atoms with E-state index in [1.54, 1.807) is 23.1 Å². The van der Waals surface area contributed by atoms with E-state index in [4.69, 9.17) is 35.4 Å². The van der Waals surface area contributed by atoms with Crippen molar-refractivity contribution in [3.05, 3.63) is 55.4 Å². The molecule has 3 rings (SSSR count). The lowest BCUT2D eigenvalue weighted by Gasteiger charge is -2.36. The molecule has 2 aromatic rings. The van der Waals surface area contributed by atoms with E-state index in [1.807, 2.05) is 4.90 Å². The SMILES string of the molecule is O=C(c1ccc([N+](=O)[O-])s1)N1CCN(C(=S)Nc2ccc(Cl)c(Cl)c2)CC1. The first-order chi connectivity index (χ1) is 12.8. The minimum atomic E-state index is -0.494. The fourth-order valence-electron chi connectivity index (χ4n) is 2.59. The van der Waals surface area contributed by atoms with E-state index in [0.717, 1.165) is 17.0 Å². The number of nitrogens with one attached hydrogen (secondary N) is 1. The van der Waals surface area contributed by atoms with E-state index in [2.05, 4.69) is 5.32 Å². The third-order valence-corrected chi connectivity index (χ3v) is 6.13. The van der Waals surface area contributed by atoms with Crippen molar-refractivity contribution in [2.75, 3.05) is 31.5 Å². The normalized spacial score (nSPS) is 14.1. The highest BCUT2D eigenvalue weighted by molar-refractivity contribution is 7.80. The maximum atomic E-state index is 12.5. The zero-order valence-corrected chi connectivity index (χ0v) is 17.0. The quantitative estimate of drug-likeness (QED) is 0.435. The molecule has 1 fully saturated rings. The highest BCUT2D eigenvalue weighted by Gasteiger charge is 2.25. The Morgan fingerprint density at radius 1 is 1.11 bits per heavy atom. The Labute approximate surface area is 174 Å². The van der Waals surface area contributed by atoms with E-state index in [1.165, 1.54) is 12.1 Å². The van der Waals surface area contributed by atoms with Gasteiger partial charge in [0.2, 0.25) is 0 Å². The Morgan fingerprint density at radius 2 is 1.78 bits per heavy atom. The van der Waals surface area contributed by atoms with E-state index in [0.29, 0.717) is 46.2 Å². The number of hydrogen-bond acceptors (Lipinski definition) is 5. The molecule has 1 N–H and O–H groups in total. The van der Waals surface area contributed by atoms with Gasteiger partial charge in [-0.3, -0.25) is 14.9 Å². The van der Waals surface area contributed by atoms with Crippen molar-refractivity contribution in [2.45, 2.75) is 0 Å². The number of nitro groups is 1. The summed E-state index contributed by atoms with van der Waals surface area (Å²) in [7, 11) is 0. The molecule has 0 bridgehead atoms. The van der Waals surface area contributed by atoms with Crippen LogP contribution < -0.4 is 5.32 Å². The summed E-state index contributed by atoms with van der Waals surface area (Å²) >= 11 is 18.2. The molecule has 2 heterocycles. The predicted octanol–water partition coefficient (Wildman–Crippen LogP) is 4.12. The average molecular weight is 445 g/mol. The Morgan fingerprint density at radius 3 is 2.37 bits per heavy atom. The zero-order chi connectivity index (χ0) is 19.6. The van der Waals surface area contributed by atoms with Gasteiger partial charge in [0.25, 0.3) is 5.91 Å². The molecule has 1 aromatic heterocycles. The summed E-state index contributed by atoms with van der Waals surface area (Å²) in [6.45, 7) is 2.08. The van der Waals surface area contributed by atoms with Gasteiger partial charge in [-0.2, -0.15) is 0 Å². The molecule has 0 atom stereocenters. The van der Waals surface area contributed by atoms with Crippen molar-refractivity contribution in [3.63, 3.8) is 0 Å². The van der Waals surface area contributed by atoms with Crippen LogP contribution in [0.5, 0.6) is 0 Å². The fraction of sp³-hybridized carbons (Fsp3) is 0.250. The van der Waals surface area contributed by atoms with E-state index >= 15 is 0 Å². The topological polar surface area (TPSA) is 78.7 Å². The second-order valence-electron chi connectivity index (χ2n) is 5.73. The first-order valence-corrected chi connectivity index (χ1v) is 9.87. The number of thiocarbonyl (C=S) groups is 1. The number of carbonyl (C=O) groups is 1. The first-order valence-electron chi connectivity index (χ1n) is 7.89. The van der Waals surface area contributed by atoms with Crippen LogP contribution in [0.3, 0.4) is 0 Å². The van der Waals surface area contributed by atoms with Crippen LogP contribution in [0.25, 0.3) is 0 Å². The Balaban J connectivity index is 1.56. The van der Waals surface area contributed by atoms with Crippen LogP contribution >= 0.6 is 46.8 Å². The summed E-state index contributed by atoms with van der Waals surface area (Å²) in [6, 6.07) is 8.01. The van der Waals surface area contributed by atoms with Crippen LogP contribution in [0.4, 0.5) is 10.7 Å².